The van der Waals surface area contributed by atoms with E-state index in [-0.39, 0.29) is 0 Å². The Kier molecular flexibility index (Phi) is 5.29. The van der Waals surface area contributed by atoms with Crippen molar-refractivity contribution >= 4 is 22.6 Å². The molecule has 1 fully saturated rings. The molecule has 2 rings (SSSR count). The molecule has 0 heterocycles. The van der Waals surface area contributed by atoms with E-state index in [1.165, 1.54) is 47.7 Å². The maximum Gasteiger partial charge on any atom is 0.0130 e. The molecule has 0 bridgehead atoms. The van der Waals surface area contributed by atoms with Gasteiger partial charge in [0.05, 0.1) is 0 Å². The van der Waals surface area contributed by atoms with Gasteiger partial charge in [0, 0.05) is 9.61 Å². The summed E-state index contributed by atoms with van der Waals surface area (Å²) >= 11 is 2.35. The van der Waals surface area contributed by atoms with Crippen LogP contribution in [0.2, 0.25) is 0 Å². The molecular formula is C15H22IN. The van der Waals surface area contributed by atoms with Gasteiger partial charge in [-0.05, 0) is 65.5 Å². The van der Waals surface area contributed by atoms with Crippen molar-refractivity contribution in [3.05, 3.63) is 33.4 Å². The largest absolute Gasteiger partial charge is 0.327 e. The van der Waals surface area contributed by atoms with E-state index in [1.807, 2.05) is 0 Å². The van der Waals surface area contributed by atoms with E-state index in [0.717, 1.165) is 12.3 Å². The van der Waals surface area contributed by atoms with Crippen molar-refractivity contribution in [3.8, 4) is 0 Å². The first-order valence-corrected chi connectivity index (χ1v) is 7.83. The van der Waals surface area contributed by atoms with Gasteiger partial charge in [-0.1, -0.05) is 37.8 Å². The maximum absolute atomic E-state index is 6.39. The van der Waals surface area contributed by atoms with Crippen LogP contribution in [0.25, 0.3) is 0 Å². The number of benzene rings is 1. The van der Waals surface area contributed by atoms with Crippen LogP contribution in [0, 0.1) is 9.49 Å². The van der Waals surface area contributed by atoms with Crippen LogP contribution in [0.4, 0.5) is 0 Å². The third kappa shape index (κ3) is 4.25. The van der Waals surface area contributed by atoms with Crippen molar-refractivity contribution in [1.29, 1.82) is 0 Å². The summed E-state index contributed by atoms with van der Waals surface area (Å²) in [7, 11) is 0. The molecule has 1 aromatic carbocycles. The molecule has 94 valence electrons. The second kappa shape index (κ2) is 6.74. The quantitative estimate of drug-likeness (QED) is 0.648. The van der Waals surface area contributed by atoms with Crippen molar-refractivity contribution in [1.82, 2.24) is 0 Å². The first-order valence-electron chi connectivity index (χ1n) is 6.76. The van der Waals surface area contributed by atoms with Crippen LogP contribution in [-0.4, -0.2) is 6.04 Å². The van der Waals surface area contributed by atoms with Crippen LogP contribution in [0.3, 0.4) is 0 Å². The summed E-state index contributed by atoms with van der Waals surface area (Å²) in [6, 6.07) is 9.15. The number of nitrogens with two attached hydrogens (primary N) is 1. The van der Waals surface area contributed by atoms with Gasteiger partial charge in [0.1, 0.15) is 0 Å². The van der Waals surface area contributed by atoms with Crippen molar-refractivity contribution in [2.75, 3.05) is 0 Å². The number of rotatable bonds is 3. The Balaban J connectivity index is 1.90. The Bertz CT molecular complexity index is 325. The predicted octanol–water partition coefficient (Wildman–Crippen LogP) is 4.13. The molecular weight excluding hydrogens is 321 g/mol. The zero-order valence-corrected chi connectivity index (χ0v) is 12.5. The lowest BCUT2D eigenvalue weighted by Crippen LogP contribution is -2.32. The topological polar surface area (TPSA) is 26.0 Å². The molecule has 1 nitrogen and oxygen atoms in total. The average Bonchev–Trinajstić information content (AvgIpc) is 2.61. The number of halogens is 1. The first-order chi connectivity index (χ1) is 8.25. The zero-order chi connectivity index (χ0) is 12.1. The SMILES string of the molecule is NC(Cc1ccc(I)cc1)C1CCCCCC1. The second-order valence-corrected chi connectivity index (χ2v) is 6.49. The Morgan fingerprint density at radius 1 is 1.06 bits per heavy atom. The summed E-state index contributed by atoms with van der Waals surface area (Å²) in [4.78, 5) is 0. The monoisotopic (exact) mass is 343 g/mol. The minimum atomic E-state index is 0.355. The van der Waals surface area contributed by atoms with E-state index in [2.05, 4.69) is 46.9 Å². The molecule has 0 aromatic heterocycles. The molecule has 1 aliphatic rings. The molecule has 17 heavy (non-hydrogen) atoms. The van der Waals surface area contributed by atoms with Crippen molar-refractivity contribution in [2.45, 2.75) is 51.0 Å². The van der Waals surface area contributed by atoms with E-state index < -0.39 is 0 Å². The lowest BCUT2D eigenvalue weighted by atomic mass is 9.88. The Hall–Kier alpha value is -0.0900. The average molecular weight is 343 g/mol. The third-order valence-corrected chi connectivity index (χ3v) is 4.61. The van der Waals surface area contributed by atoms with Gasteiger partial charge in [-0.2, -0.15) is 0 Å². The summed E-state index contributed by atoms with van der Waals surface area (Å²) in [5, 5.41) is 0. The lowest BCUT2D eigenvalue weighted by Gasteiger charge is -2.22. The summed E-state index contributed by atoms with van der Waals surface area (Å²) in [5.41, 5.74) is 7.78. The van der Waals surface area contributed by atoms with Gasteiger partial charge >= 0.3 is 0 Å². The molecule has 1 unspecified atom stereocenters. The minimum absolute atomic E-state index is 0.355. The molecule has 2 heteroatoms. The molecule has 1 saturated carbocycles. The Morgan fingerprint density at radius 2 is 1.65 bits per heavy atom. The van der Waals surface area contributed by atoms with Crippen LogP contribution in [0.5, 0.6) is 0 Å². The number of hydrogen-bond donors (Lipinski definition) is 1. The van der Waals surface area contributed by atoms with Crippen molar-refractivity contribution in [2.24, 2.45) is 11.7 Å². The fraction of sp³-hybridized carbons (Fsp3) is 0.600. The van der Waals surface area contributed by atoms with Crippen LogP contribution in [-0.2, 0) is 6.42 Å². The Labute approximate surface area is 118 Å². The Morgan fingerprint density at radius 3 is 2.24 bits per heavy atom. The van der Waals surface area contributed by atoms with Gasteiger partial charge in [0.15, 0.2) is 0 Å². The fourth-order valence-electron chi connectivity index (χ4n) is 2.80. The van der Waals surface area contributed by atoms with Crippen LogP contribution >= 0.6 is 22.6 Å². The van der Waals surface area contributed by atoms with Crippen molar-refractivity contribution < 1.29 is 0 Å². The van der Waals surface area contributed by atoms with Gasteiger partial charge < -0.3 is 5.73 Å². The van der Waals surface area contributed by atoms with Crippen LogP contribution in [0.1, 0.15) is 44.1 Å². The van der Waals surface area contributed by atoms with Crippen LogP contribution in [0.15, 0.2) is 24.3 Å². The third-order valence-electron chi connectivity index (χ3n) is 3.89. The number of hydrogen-bond acceptors (Lipinski definition) is 1. The summed E-state index contributed by atoms with van der Waals surface area (Å²) in [6.07, 6.45) is 9.30. The molecule has 0 spiro atoms. The van der Waals surface area contributed by atoms with E-state index >= 15 is 0 Å². The van der Waals surface area contributed by atoms with Gasteiger partial charge in [-0.3, -0.25) is 0 Å². The highest BCUT2D eigenvalue weighted by molar-refractivity contribution is 14.1. The normalized spacial score (nSPS) is 19.9. The van der Waals surface area contributed by atoms with Gasteiger partial charge in [-0.25, -0.2) is 0 Å². The molecule has 0 radical (unpaired) electrons. The predicted molar refractivity (Wildman–Crippen MR) is 82.0 cm³/mol. The molecule has 0 amide bonds. The minimum Gasteiger partial charge on any atom is -0.327 e. The van der Waals surface area contributed by atoms with E-state index in [9.17, 15) is 0 Å². The van der Waals surface area contributed by atoms with Crippen LogP contribution < -0.4 is 5.73 Å². The molecule has 2 N–H and O–H groups in total. The first kappa shape index (κ1) is 13.3. The van der Waals surface area contributed by atoms with Crippen molar-refractivity contribution in [3.63, 3.8) is 0 Å². The zero-order valence-electron chi connectivity index (χ0n) is 10.4. The van der Waals surface area contributed by atoms with Gasteiger partial charge in [-0.15, -0.1) is 0 Å². The fourth-order valence-corrected chi connectivity index (χ4v) is 3.16. The second-order valence-electron chi connectivity index (χ2n) is 5.25. The summed E-state index contributed by atoms with van der Waals surface area (Å²) in [6.45, 7) is 0. The smallest absolute Gasteiger partial charge is 0.0130 e. The lowest BCUT2D eigenvalue weighted by molar-refractivity contribution is 0.372. The standard InChI is InChI=1S/C15H22IN/c16-14-9-7-12(8-10-14)11-15(17)13-5-3-1-2-4-6-13/h7-10,13,15H,1-6,11,17H2. The maximum atomic E-state index is 6.39. The van der Waals surface area contributed by atoms with Gasteiger partial charge in [0.2, 0.25) is 0 Å². The van der Waals surface area contributed by atoms with E-state index in [0.29, 0.717) is 6.04 Å². The van der Waals surface area contributed by atoms with Gasteiger partial charge in [0.25, 0.3) is 0 Å². The molecule has 0 saturated heterocycles. The van der Waals surface area contributed by atoms with E-state index in [1.54, 1.807) is 0 Å². The highest BCUT2D eigenvalue weighted by Crippen LogP contribution is 2.26. The molecule has 1 aromatic rings. The molecule has 1 aliphatic carbocycles. The summed E-state index contributed by atoms with van der Waals surface area (Å²) in [5.74, 6) is 0.747. The summed E-state index contributed by atoms with van der Waals surface area (Å²) < 4.78 is 1.30. The van der Waals surface area contributed by atoms with E-state index in [4.69, 9.17) is 5.73 Å². The molecule has 1 atom stereocenters. The highest BCUT2D eigenvalue weighted by Gasteiger charge is 2.19. The molecule has 0 aliphatic heterocycles. The highest BCUT2D eigenvalue weighted by atomic mass is 127.